The number of fused-ring (bicyclic) bond motifs is 1. The van der Waals surface area contributed by atoms with Crippen LogP contribution in [0, 0.1) is 5.92 Å². The maximum atomic E-state index is 12.6. The van der Waals surface area contributed by atoms with Gasteiger partial charge in [0, 0.05) is 33.1 Å². The van der Waals surface area contributed by atoms with Crippen molar-refractivity contribution in [1.29, 1.82) is 0 Å². The first-order valence-electron chi connectivity index (χ1n) is 7.30. The Morgan fingerprint density at radius 1 is 1.23 bits per heavy atom. The lowest BCUT2D eigenvalue weighted by atomic mass is 9.89. The topological polar surface area (TPSA) is 77.9 Å². The van der Waals surface area contributed by atoms with Crippen molar-refractivity contribution in [3.63, 3.8) is 0 Å². The number of carbonyl (C=O) groups excluding carboxylic acids is 2. The average Bonchev–Trinajstić information content (AvgIpc) is 2.84. The van der Waals surface area contributed by atoms with E-state index in [2.05, 4.69) is 0 Å². The first-order valence-corrected chi connectivity index (χ1v) is 7.30. The predicted molar refractivity (Wildman–Crippen MR) is 78.0 cm³/mol. The number of likely N-dealkylation sites (tertiary alicyclic amines) is 1. The molecule has 22 heavy (non-hydrogen) atoms. The fourth-order valence-electron chi connectivity index (χ4n) is 3.27. The van der Waals surface area contributed by atoms with Gasteiger partial charge in [-0.1, -0.05) is 24.3 Å². The van der Waals surface area contributed by atoms with Gasteiger partial charge in [0.1, 0.15) is 0 Å². The lowest BCUT2D eigenvalue weighted by Gasteiger charge is -2.34. The zero-order valence-electron chi connectivity index (χ0n) is 12.4. The molecular weight excluding hydrogens is 284 g/mol. The molecule has 6 heteroatoms. The normalized spacial score (nSPS) is 24.3. The van der Waals surface area contributed by atoms with E-state index >= 15 is 0 Å². The first kappa shape index (κ1) is 14.6. The van der Waals surface area contributed by atoms with Crippen molar-refractivity contribution in [3.05, 3.63) is 35.4 Å². The van der Waals surface area contributed by atoms with E-state index in [9.17, 15) is 19.5 Å². The summed E-state index contributed by atoms with van der Waals surface area (Å²) in [6, 6.07) is 7.33. The second-order valence-corrected chi connectivity index (χ2v) is 5.98. The van der Waals surface area contributed by atoms with Gasteiger partial charge in [0.25, 0.3) is 0 Å². The molecule has 1 aromatic rings. The number of carboxylic acid groups (broad SMARTS) is 1. The molecule has 0 aromatic heterocycles. The summed E-state index contributed by atoms with van der Waals surface area (Å²) in [5.74, 6) is -2.16. The number of hydrogen-bond acceptors (Lipinski definition) is 3. The second kappa shape index (κ2) is 5.44. The minimum atomic E-state index is -0.926. The Kier molecular flexibility index (Phi) is 3.60. The van der Waals surface area contributed by atoms with Crippen LogP contribution in [-0.4, -0.2) is 52.8 Å². The summed E-state index contributed by atoms with van der Waals surface area (Å²) in [6.45, 7) is 0.986. The zero-order chi connectivity index (χ0) is 15.9. The summed E-state index contributed by atoms with van der Waals surface area (Å²) < 4.78 is 0. The number of carbonyl (C=O) groups is 3. The van der Waals surface area contributed by atoms with E-state index in [4.69, 9.17) is 0 Å². The zero-order valence-corrected chi connectivity index (χ0v) is 12.4. The van der Waals surface area contributed by atoms with Gasteiger partial charge in [-0.15, -0.1) is 0 Å². The highest BCUT2D eigenvalue weighted by Crippen LogP contribution is 2.30. The van der Waals surface area contributed by atoms with Crippen molar-refractivity contribution in [1.82, 2.24) is 9.80 Å². The van der Waals surface area contributed by atoms with Crippen LogP contribution in [0.2, 0.25) is 0 Å². The maximum Gasteiger partial charge on any atom is 0.312 e. The largest absolute Gasteiger partial charge is 0.481 e. The molecule has 2 unspecified atom stereocenters. The number of amides is 2. The molecule has 116 valence electrons. The number of carboxylic acids is 1. The highest BCUT2D eigenvalue weighted by Gasteiger charge is 2.38. The molecule has 2 aliphatic rings. The highest BCUT2D eigenvalue weighted by molar-refractivity contribution is 5.90. The van der Waals surface area contributed by atoms with Crippen LogP contribution in [0.5, 0.6) is 0 Å². The van der Waals surface area contributed by atoms with Crippen molar-refractivity contribution >= 4 is 17.8 Å². The van der Waals surface area contributed by atoms with Crippen LogP contribution in [0.3, 0.4) is 0 Å². The van der Waals surface area contributed by atoms with E-state index in [1.165, 1.54) is 0 Å². The van der Waals surface area contributed by atoms with E-state index in [-0.39, 0.29) is 30.7 Å². The Balaban J connectivity index is 1.83. The number of aliphatic carboxylic acids is 1. The molecule has 2 atom stereocenters. The van der Waals surface area contributed by atoms with E-state index < -0.39 is 11.9 Å². The minimum Gasteiger partial charge on any atom is -0.481 e. The molecule has 2 aliphatic heterocycles. The van der Waals surface area contributed by atoms with Crippen LogP contribution in [0.4, 0.5) is 0 Å². The van der Waals surface area contributed by atoms with E-state index in [1.807, 2.05) is 24.3 Å². The average molecular weight is 302 g/mol. The van der Waals surface area contributed by atoms with Gasteiger partial charge in [0.15, 0.2) is 0 Å². The fourth-order valence-corrected chi connectivity index (χ4v) is 3.27. The summed E-state index contributed by atoms with van der Waals surface area (Å²) in [4.78, 5) is 38.9. The molecule has 0 radical (unpaired) electrons. The molecule has 1 saturated heterocycles. The molecule has 0 spiro atoms. The highest BCUT2D eigenvalue weighted by atomic mass is 16.4. The molecular formula is C16H18N2O4. The van der Waals surface area contributed by atoms with Crippen molar-refractivity contribution in [2.75, 3.05) is 20.1 Å². The minimum absolute atomic E-state index is 0.0365. The number of hydrogen-bond donors (Lipinski definition) is 1. The molecule has 2 heterocycles. The van der Waals surface area contributed by atoms with Gasteiger partial charge in [-0.3, -0.25) is 14.4 Å². The van der Waals surface area contributed by atoms with Crippen molar-refractivity contribution in [2.24, 2.45) is 5.92 Å². The number of benzene rings is 1. The van der Waals surface area contributed by atoms with Crippen LogP contribution in [0.1, 0.15) is 23.5 Å². The summed E-state index contributed by atoms with van der Waals surface area (Å²) in [7, 11) is 1.68. The summed E-state index contributed by atoms with van der Waals surface area (Å²) in [5.41, 5.74) is 1.64. The third-order valence-electron chi connectivity index (χ3n) is 4.49. The summed E-state index contributed by atoms with van der Waals surface area (Å²) in [6.07, 6.45) is 0.214. The number of nitrogens with zero attached hydrogens (tertiary/aromatic N) is 2. The van der Waals surface area contributed by atoms with Crippen molar-refractivity contribution in [2.45, 2.75) is 18.9 Å². The van der Waals surface area contributed by atoms with Crippen LogP contribution >= 0.6 is 0 Å². The van der Waals surface area contributed by atoms with E-state index in [1.54, 1.807) is 16.8 Å². The van der Waals surface area contributed by atoms with Crippen LogP contribution in [0.15, 0.2) is 24.3 Å². The van der Waals surface area contributed by atoms with Gasteiger partial charge < -0.3 is 14.9 Å². The Bertz CT molecular complexity index is 643. The Hall–Kier alpha value is -2.37. The van der Waals surface area contributed by atoms with E-state index in [0.717, 1.165) is 11.1 Å². The molecule has 3 rings (SSSR count). The van der Waals surface area contributed by atoms with Crippen LogP contribution in [0.25, 0.3) is 0 Å². The second-order valence-electron chi connectivity index (χ2n) is 5.98. The summed E-state index contributed by atoms with van der Waals surface area (Å²) in [5, 5.41) is 9.43. The van der Waals surface area contributed by atoms with Gasteiger partial charge >= 0.3 is 5.97 Å². The maximum absolute atomic E-state index is 12.6. The first-order chi connectivity index (χ1) is 10.5. The lowest BCUT2D eigenvalue weighted by Crippen LogP contribution is -2.43. The molecule has 1 N–H and O–H groups in total. The molecule has 1 fully saturated rings. The van der Waals surface area contributed by atoms with Crippen molar-refractivity contribution < 1.29 is 19.5 Å². The van der Waals surface area contributed by atoms with Gasteiger partial charge in [0.2, 0.25) is 11.8 Å². The van der Waals surface area contributed by atoms with E-state index in [0.29, 0.717) is 13.1 Å². The number of rotatable bonds is 2. The third-order valence-corrected chi connectivity index (χ3v) is 4.49. The monoisotopic (exact) mass is 302 g/mol. The summed E-state index contributed by atoms with van der Waals surface area (Å²) >= 11 is 0. The van der Waals surface area contributed by atoms with Gasteiger partial charge in [-0.2, -0.15) is 0 Å². The van der Waals surface area contributed by atoms with Crippen molar-refractivity contribution in [3.8, 4) is 0 Å². The molecule has 1 aromatic carbocycles. The molecule has 6 nitrogen and oxygen atoms in total. The molecule has 2 amide bonds. The van der Waals surface area contributed by atoms with Crippen LogP contribution < -0.4 is 0 Å². The van der Waals surface area contributed by atoms with Crippen LogP contribution in [-0.2, 0) is 20.9 Å². The van der Waals surface area contributed by atoms with Gasteiger partial charge in [-0.05, 0) is 11.1 Å². The molecule has 0 bridgehead atoms. The Morgan fingerprint density at radius 3 is 2.59 bits per heavy atom. The lowest BCUT2D eigenvalue weighted by molar-refractivity contribution is -0.142. The predicted octanol–water partition coefficient (Wildman–Crippen LogP) is 0.675. The molecule has 0 aliphatic carbocycles. The Labute approximate surface area is 128 Å². The quantitative estimate of drug-likeness (QED) is 0.871. The third kappa shape index (κ3) is 2.45. The standard InChI is InChI=1S/C16H18N2O4/c1-17-7-11(6-14(17)19)15(20)18-8-10-4-2-3-5-12(10)13(9-18)16(21)22/h2-5,11,13H,6-9H2,1H3,(H,21,22). The fraction of sp³-hybridized carbons (Fsp3) is 0.438. The molecule has 0 saturated carbocycles. The smallest absolute Gasteiger partial charge is 0.312 e. The van der Waals surface area contributed by atoms with Gasteiger partial charge in [-0.25, -0.2) is 0 Å². The Morgan fingerprint density at radius 2 is 1.95 bits per heavy atom. The van der Waals surface area contributed by atoms with Gasteiger partial charge in [0.05, 0.1) is 11.8 Å². The SMILES string of the molecule is CN1CC(C(=O)N2Cc3ccccc3C(C(=O)O)C2)CC1=O.